The minimum atomic E-state index is -0.446. The summed E-state index contributed by atoms with van der Waals surface area (Å²) in [5.41, 5.74) is 0.302. The fourth-order valence-corrected chi connectivity index (χ4v) is 4.48. The predicted molar refractivity (Wildman–Crippen MR) is 96.2 cm³/mol. The van der Waals surface area contributed by atoms with Gasteiger partial charge in [0, 0.05) is 10.9 Å². The van der Waals surface area contributed by atoms with Gasteiger partial charge in [0.15, 0.2) is 0 Å². The minimum Gasteiger partial charge on any atom is -0.348 e. The van der Waals surface area contributed by atoms with Gasteiger partial charge in [0.25, 0.3) is 5.91 Å². The van der Waals surface area contributed by atoms with Crippen molar-refractivity contribution in [2.45, 2.75) is 31.8 Å². The van der Waals surface area contributed by atoms with Gasteiger partial charge in [0.05, 0.1) is 16.6 Å². The van der Waals surface area contributed by atoms with E-state index in [0.717, 1.165) is 13.1 Å². The first-order valence-electron chi connectivity index (χ1n) is 8.09. The molecule has 0 spiro atoms. The van der Waals surface area contributed by atoms with E-state index in [9.17, 15) is 9.18 Å². The van der Waals surface area contributed by atoms with Gasteiger partial charge in [-0.3, -0.25) is 9.69 Å². The Morgan fingerprint density at radius 1 is 1.33 bits per heavy atom. The lowest BCUT2D eigenvalue weighted by atomic mass is 10.1. The number of thiophene rings is 1. The van der Waals surface area contributed by atoms with Gasteiger partial charge >= 0.3 is 0 Å². The lowest BCUT2D eigenvalue weighted by Gasteiger charge is -2.32. The highest BCUT2D eigenvalue weighted by Crippen LogP contribution is 2.31. The third-order valence-corrected chi connectivity index (χ3v) is 5.63. The zero-order valence-corrected chi connectivity index (χ0v) is 15.0. The van der Waals surface area contributed by atoms with Crippen LogP contribution in [0.5, 0.6) is 0 Å². The van der Waals surface area contributed by atoms with Crippen LogP contribution in [0.3, 0.4) is 0 Å². The summed E-state index contributed by atoms with van der Waals surface area (Å²) in [4.78, 5) is 16.2. The van der Waals surface area contributed by atoms with Gasteiger partial charge < -0.3 is 5.32 Å². The summed E-state index contributed by atoms with van der Waals surface area (Å²) in [6.45, 7) is 4.10. The van der Waals surface area contributed by atoms with Crippen LogP contribution in [0.1, 0.15) is 41.0 Å². The van der Waals surface area contributed by atoms with E-state index in [-0.39, 0.29) is 23.0 Å². The fraction of sp³-hybridized carbons (Fsp3) is 0.389. The Balaban J connectivity index is 1.77. The zero-order valence-electron chi connectivity index (χ0n) is 13.5. The highest BCUT2D eigenvalue weighted by molar-refractivity contribution is 7.10. The number of halogens is 2. The molecule has 6 heteroatoms. The zero-order chi connectivity index (χ0) is 17.1. The summed E-state index contributed by atoms with van der Waals surface area (Å²) in [7, 11) is 0. The van der Waals surface area contributed by atoms with Crippen molar-refractivity contribution in [2.24, 2.45) is 0 Å². The maximum atomic E-state index is 13.2. The molecule has 2 heterocycles. The second kappa shape index (κ2) is 7.64. The normalized spacial score (nSPS) is 17.6. The van der Waals surface area contributed by atoms with Crippen LogP contribution in [0.4, 0.5) is 4.39 Å². The molecule has 2 atom stereocenters. The molecule has 0 bridgehead atoms. The summed E-state index contributed by atoms with van der Waals surface area (Å²) in [6, 6.07) is 8.07. The molecule has 1 fully saturated rings. The second-order valence-corrected chi connectivity index (χ2v) is 7.48. The number of benzene rings is 1. The molecular weight excluding hydrogens is 347 g/mol. The smallest absolute Gasteiger partial charge is 0.253 e. The Bertz CT molecular complexity index is 701. The monoisotopic (exact) mass is 366 g/mol. The lowest BCUT2D eigenvalue weighted by Crippen LogP contribution is -2.43. The van der Waals surface area contributed by atoms with Crippen molar-refractivity contribution in [3.8, 4) is 0 Å². The van der Waals surface area contributed by atoms with E-state index in [2.05, 4.69) is 21.7 Å². The van der Waals surface area contributed by atoms with Crippen LogP contribution in [-0.2, 0) is 0 Å². The van der Waals surface area contributed by atoms with Crippen molar-refractivity contribution in [3.05, 3.63) is 57.0 Å². The maximum absolute atomic E-state index is 13.2. The van der Waals surface area contributed by atoms with Gasteiger partial charge in [-0.25, -0.2) is 4.39 Å². The summed E-state index contributed by atoms with van der Waals surface area (Å²) in [5, 5.41) is 5.23. The average molecular weight is 367 g/mol. The molecule has 1 aliphatic heterocycles. The molecule has 0 saturated carbocycles. The van der Waals surface area contributed by atoms with Crippen molar-refractivity contribution in [2.75, 3.05) is 13.1 Å². The lowest BCUT2D eigenvalue weighted by molar-refractivity contribution is 0.0908. The topological polar surface area (TPSA) is 32.3 Å². The third kappa shape index (κ3) is 3.79. The van der Waals surface area contributed by atoms with Crippen LogP contribution in [0, 0.1) is 5.82 Å². The predicted octanol–water partition coefficient (Wildman–Crippen LogP) is 4.50. The molecule has 3 rings (SSSR count). The van der Waals surface area contributed by atoms with E-state index in [1.54, 1.807) is 11.3 Å². The molecule has 1 saturated heterocycles. The molecule has 24 heavy (non-hydrogen) atoms. The number of rotatable bonds is 5. The largest absolute Gasteiger partial charge is 0.348 e. The Morgan fingerprint density at radius 3 is 2.71 bits per heavy atom. The summed E-state index contributed by atoms with van der Waals surface area (Å²) in [5.74, 6) is -0.716. The van der Waals surface area contributed by atoms with Crippen molar-refractivity contribution in [3.63, 3.8) is 0 Å². The van der Waals surface area contributed by atoms with Crippen LogP contribution in [-0.4, -0.2) is 29.9 Å². The molecule has 0 radical (unpaired) electrons. The van der Waals surface area contributed by atoms with E-state index in [0.29, 0.717) is 5.56 Å². The van der Waals surface area contributed by atoms with Crippen molar-refractivity contribution < 1.29 is 9.18 Å². The number of hydrogen-bond acceptors (Lipinski definition) is 3. The highest BCUT2D eigenvalue weighted by Gasteiger charge is 2.30. The molecule has 1 aliphatic rings. The van der Waals surface area contributed by atoms with Crippen LogP contribution in [0.2, 0.25) is 5.02 Å². The summed E-state index contributed by atoms with van der Waals surface area (Å²) >= 11 is 7.71. The highest BCUT2D eigenvalue weighted by atomic mass is 35.5. The summed E-state index contributed by atoms with van der Waals surface area (Å²) in [6.07, 6.45) is 2.37. The van der Waals surface area contributed by atoms with Crippen molar-refractivity contribution in [1.82, 2.24) is 10.2 Å². The molecule has 0 aliphatic carbocycles. The molecule has 0 unspecified atom stereocenters. The van der Waals surface area contributed by atoms with Gasteiger partial charge in [-0.1, -0.05) is 17.7 Å². The first-order valence-corrected chi connectivity index (χ1v) is 9.35. The van der Waals surface area contributed by atoms with Crippen LogP contribution in [0.25, 0.3) is 0 Å². The second-order valence-electron chi connectivity index (χ2n) is 6.09. The van der Waals surface area contributed by atoms with Gasteiger partial charge in [-0.05, 0) is 62.5 Å². The Labute approximate surface area is 150 Å². The first-order chi connectivity index (χ1) is 11.6. The SMILES string of the molecule is C[C@@H](NC(=O)c1ccc(F)cc1Cl)[C@H](c1cccs1)N1CCCC1. The van der Waals surface area contributed by atoms with Gasteiger partial charge in [0.2, 0.25) is 0 Å². The number of carbonyl (C=O) groups is 1. The van der Waals surface area contributed by atoms with E-state index < -0.39 is 5.82 Å². The van der Waals surface area contributed by atoms with Crippen LogP contribution >= 0.6 is 22.9 Å². The minimum absolute atomic E-state index is 0.0737. The van der Waals surface area contributed by atoms with Gasteiger partial charge in [-0.2, -0.15) is 0 Å². The fourth-order valence-electron chi connectivity index (χ4n) is 3.26. The van der Waals surface area contributed by atoms with E-state index in [4.69, 9.17) is 11.6 Å². The molecular formula is C18H20ClFN2OS. The number of likely N-dealkylation sites (tertiary alicyclic amines) is 1. The van der Waals surface area contributed by atoms with E-state index in [1.165, 1.54) is 35.9 Å². The summed E-state index contributed by atoms with van der Waals surface area (Å²) < 4.78 is 13.2. The standard InChI is InChI=1S/C18H20ClFN2OS/c1-12(21-18(23)14-7-6-13(20)11-15(14)19)17(16-5-4-10-24-16)22-8-2-3-9-22/h4-7,10-12,17H,2-3,8-9H2,1H3,(H,21,23)/t12-,17-/m1/s1. The molecule has 1 N–H and O–H groups in total. The first kappa shape index (κ1) is 17.4. The average Bonchev–Trinajstić information content (AvgIpc) is 3.21. The Kier molecular flexibility index (Phi) is 5.54. The number of nitrogens with zero attached hydrogens (tertiary/aromatic N) is 1. The van der Waals surface area contributed by atoms with E-state index >= 15 is 0 Å². The molecule has 2 aromatic rings. The van der Waals surface area contributed by atoms with Crippen LogP contribution < -0.4 is 5.32 Å². The number of hydrogen-bond donors (Lipinski definition) is 1. The van der Waals surface area contributed by atoms with Crippen molar-refractivity contribution >= 4 is 28.8 Å². The molecule has 1 aromatic heterocycles. The molecule has 1 aromatic carbocycles. The van der Waals surface area contributed by atoms with Gasteiger partial charge in [0.1, 0.15) is 5.82 Å². The number of carbonyl (C=O) groups excluding carboxylic acids is 1. The van der Waals surface area contributed by atoms with Gasteiger partial charge in [-0.15, -0.1) is 11.3 Å². The molecule has 1 amide bonds. The van der Waals surface area contributed by atoms with Crippen LogP contribution in [0.15, 0.2) is 35.7 Å². The van der Waals surface area contributed by atoms with E-state index in [1.807, 2.05) is 13.0 Å². The third-order valence-electron chi connectivity index (χ3n) is 4.38. The maximum Gasteiger partial charge on any atom is 0.253 e. The Morgan fingerprint density at radius 2 is 2.08 bits per heavy atom. The number of nitrogens with one attached hydrogen (secondary N) is 1. The number of amides is 1. The molecule has 3 nitrogen and oxygen atoms in total. The van der Waals surface area contributed by atoms with Crippen molar-refractivity contribution in [1.29, 1.82) is 0 Å². The Hall–Kier alpha value is -1.43. The quantitative estimate of drug-likeness (QED) is 0.845. The molecule has 128 valence electrons.